The average molecular weight is 687 g/mol. The summed E-state index contributed by atoms with van der Waals surface area (Å²) in [5.74, 6) is -2.90. The molecule has 8 nitrogen and oxygen atoms in total. The van der Waals surface area contributed by atoms with Gasteiger partial charge in [0.05, 0.1) is 16.6 Å². The Kier molecular flexibility index (Phi) is 8.01. The third kappa shape index (κ3) is 6.00. The Morgan fingerprint density at radius 2 is 1.92 bits per heavy atom. The molecule has 14 heteroatoms. The Hall–Kier alpha value is -3.91. The molecule has 4 aliphatic rings. The molecule has 4 atom stereocenters. The highest BCUT2D eigenvalue weighted by atomic mass is 19.4. The number of ether oxygens (including phenoxy) is 2. The quantitative estimate of drug-likeness (QED) is 0.179. The predicted octanol–water partition coefficient (Wildman–Crippen LogP) is 7.23. The lowest BCUT2D eigenvalue weighted by molar-refractivity contribution is -0.275. The number of anilines is 1. The number of halogens is 6. The summed E-state index contributed by atoms with van der Waals surface area (Å²) in [7, 11) is 0. The summed E-state index contributed by atoms with van der Waals surface area (Å²) >= 11 is 0. The first-order valence-electron chi connectivity index (χ1n) is 16.9. The number of hydrogen-bond acceptors (Lipinski definition) is 8. The SMILES string of the molecule is CC[C@H](NC1CC1)[C@H]1CCc2nc(-c3cccc4ccc(F)c(OC(F)(F)F)c34)c(F)c3nc(OC[C@@]45CCCN4C[C@H](F)C5)nc(c23)N1. The van der Waals surface area contributed by atoms with Gasteiger partial charge in [0, 0.05) is 42.0 Å². The maximum absolute atomic E-state index is 16.9. The maximum Gasteiger partial charge on any atom is 0.573 e. The van der Waals surface area contributed by atoms with Gasteiger partial charge in [0.15, 0.2) is 17.4 Å². The van der Waals surface area contributed by atoms with Crippen molar-refractivity contribution < 1.29 is 35.8 Å². The zero-order valence-corrected chi connectivity index (χ0v) is 26.8. The van der Waals surface area contributed by atoms with Gasteiger partial charge in [-0.05, 0) is 62.9 Å². The molecule has 0 bridgehead atoms. The highest BCUT2D eigenvalue weighted by Gasteiger charge is 2.49. The molecule has 0 unspecified atom stereocenters. The topological polar surface area (TPSA) is 84.4 Å². The highest BCUT2D eigenvalue weighted by Crippen LogP contribution is 2.44. The highest BCUT2D eigenvalue weighted by molar-refractivity contribution is 6.03. The Morgan fingerprint density at radius 1 is 1.08 bits per heavy atom. The second-order valence-electron chi connectivity index (χ2n) is 13.7. The summed E-state index contributed by atoms with van der Waals surface area (Å²) in [6.45, 7) is 3.31. The van der Waals surface area contributed by atoms with E-state index in [2.05, 4.69) is 32.2 Å². The third-order valence-corrected chi connectivity index (χ3v) is 10.5. The molecule has 5 heterocycles. The fourth-order valence-electron chi connectivity index (χ4n) is 8.05. The van der Waals surface area contributed by atoms with Gasteiger partial charge in [-0.25, -0.2) is 18.2 Å². The number of hydrogen-bond donors (Lipinski definition) is 2. The van der Waals surface area contributed by atoms with Crippen LogP contribution in [0, 0.1) is 11.6 Å². The van der Waals surface area contributed by atoms with Crippen molar-refractivity contribution in [3.05, 3.63) is 47.7 Å². The first kappa shape index (κ1) is 32.3. The van der Waals surface area contributed by atoms with Crippen molar-refractivity contribution in [2.45, 2.75) is 94.5 Å². The van der Waals surface area contributed by atoms with Crippen LogP contribution in [-0.2, 0) is 6.42 Å². The molecule has 260 valence electrons. The average Bonchev–Trinajstić information content (AvgIpc) is 3.76. The first-order chi connectivity index (χ1) is 23.5. The number of benzene rings is 2. The number of aromatic nitrogens is 3. The van der Waals surface area contributed by atoms with E-state index in [9.17, 15) is 22.0 Å². The molecule has 0 spiro atoms. The predicted molar refractivity (Wildman–Crippen MR) is 171 cm³/mol. The fourth-order valence-corrected chi connectivity index (χ4v) is 8.05. The number of pyridine rings is 1. The van der Waals surface area contributed by atoms with E-state index in [4.69, 9.17) is 14.7 Å². The van der Waals surface area contributed by atoms with Crippen LogP contribution in [0.1, 0.15) is 57.6 Å². The van der Waals surface area contributed by atoms with Crippen molar-refractivity contribution in [1.82, 2.24) is 25.2 Å². The van der Waals surface area contributed by atoms with Crippen LogP contribution < -0.4 is 20.1 Å². The first-order valence-corrected chi connectivity index (χ1v) is 16.9. The van der Waals surface area contributed by atoms with Gasteiger partial charge >= 0.3 is 12.4 Å². The number of nitrogens with zero attached hydrogens (tertiary/aromatic N) is 4. The molecule has 49 heavy (non-hydrogen) atoms. The van der Waals surface area contributed by atoms with Crippen molar-refractivity contribution in [2.75, 3.05) is 25.0 Å². The van der Waals surface area contributed by atoms with Crippen LogP contribution in [0.5, 0.6) is 11.8 Å². The van der Waals surface area contributed by atoms with Crippen molar-refractivity contribution in [1.29, 1.82) is 0 Å². The minimum Gasteiger partial charge on any atom is -0.461 e. The van der Waals surface area contributed by atoms with Crippen molar-refractivity contribution in [3.8, 4) is 23.0 Å². The van der Waals surface area contributed by atoms with Gasteiger partial charge < -0.3 is 20.1 Å². The Labute approximate surface area is 278 Å². The van der Waals surface area contributed by atoms with Crippen LogP contribution >= 0.6 is 0 Å². The molecule has 0 radical (unpaired) electrons. The van der Waals surface area contributed by atoms with Crippen LogP contribution in [0.4, 0.5) is 32.2 Å². The van der Waals surface area contributed by atoms with Gasteiger partial charge in [-0.15, -0.1) is 13.2 Å². The molecule has 1 saturated carbocycles. The lowest BCUT2D eigenvalue weighted by Gasteiger charge is -2.31. The Balaban J connectivity index is 1.27. The van der Waals surface area contributed by atoms with Gasteiger partial charge in [-0.3, -0.25) is 4.90 Å². The van der Waals surface area contributed by atoms with Crippen LogP contribution in [0.15, 0.2) is 30.3 Å². The second-order valence-corrected chi connectivity index (χ2v) is 13.7. The summed E-state index contributed by atoms with van der Waals surface area (Å²) in [6, 6.07) is 6.90. The molecule has 2 aromatic carbocycles. The molecule has 2 saturated heterocycles. The van der Waals surface area contributed by atoms with Crippen LogP contribution in [0.3, 0.4) is 0 Å². The minimum absolute atomic E-state index is 0.0782. The van der Waals surface area contributed by atoms with E-state index in [0.29, 0.717) is 48.7 Å². The third-order valence-electron chi connectivity index (χ3n) is 10.5. The van der Waals surface area contributed by atoms with Gasteiger partial charge in [0.2, 0.25) is 0 Å². The van der Waals surface area contributed by atoms with E-state index in [1.807, 2.05) is 0 Å². The standard InChI is InChI=1S/C35H36F6N6O2/c1-2-23(42-20-8-9-20)24-11-12-25-27-30(45-33(46-32(27)44-24)48-17-34-13-4-14-47(34)16-19(36)15-34)28(38)29(43-25)21-6-3-5-18-7-10-22(37)31(26(18)21)49-35(39,40)41/h3,5-7,10,19-20,23-24,42H,2,4,8-9,11-17H2,1H3,(H,44,45,46)/t19-,23+,24-,34+/m1/s1. The smallest absolute Gasteiger partial charge is 0.461 e. The van der Waals surface area contributed by atoms with E-state index >= 15 is 4.39 Å². The van der Waals surface area contributed by atoms with E-state index in [1.54, 1.807) is 0 Å². The van der Waals surface area contributed by atoms with Gasteiger partial charge in [-0.2, -0.15) is 9.97 Å². The van der Waals surface area contributed by atoms with Crippen LogP contribution in [0.25, 0.3) is 32.9 Å². The summed E-state index contributed by atoms with van der Waals surface area (Å²) in [6.07, 6.45) is -0.172. The molecule has 3 fully saturated rings. The van der Waals surface area contributed by atoms with Crippen molar-refractivity contribution in [2.24, 2.45) is 0 Å². The molecule has 2 N–H and O–H groups in total. The normalized spacial score (nSPS) is 24.6. The number of rotatable bonds is 9. The largest absolute Gasteiger partial charge is 0.573 e. The summed E-state index contributed by atoms with van der Waals surface area (Å²) < 4.78 is 97.2. The minimum atomic E-state index is -5.20. The van der Waals surface area contributed by atoms with Crippen LogP contribution in [-0.4, -0.2) is 75.7 Å². The molecule has 3 aliphatic heterocycles. The number of aryl methyl sites for hydroxylation is 1. The lowest BCUT2D eigenvalue weighted by Crippen LogP contribution is -2.45. The Bertz CT molecular complexity index is 1920. The monoisotopic (exact) mass is 686 g/mol. The zero-order chi connectivity index (χ0) is 34.1. The van der Waals surface area contributed by atoms with E-state index < -0.39 is 35.5 Å². The molecular weight excluding hydrogens is 650 g/mol. The summed E-state index contributed by atoms with van der Waals surface area (Å²) in [5, 5.41) is 7.50. The maximum atomic E-state index is 16.9. The zero-order valence-electron chi connectivity index (χ0n) is 26.8. The number of nitrogens with one attached hydrogen (secondary N) is 2. The molecule has 8 rings (SSSR count). The van der Waals surface area contributed by atoms with Gasteiger partial charge in [-0.1, -0.05) is 31.2 Å². The summed E-state index contributed by atoms with van der Waals surface area (Å²) in [4.78, 5) is 16.0. The fraction of sp³-hybridized carbons (Fsp3) is 0.514. The van der Waals surface area contributed by atoms with E-state index in [0.717, 1.165) is 44.7 Å². The van der Waals surface area contributed by atoms with Crippen molar-refractivity contribution in [3.63, 3.8) is 0 Å². The van der Waals surface area contributed by atoms with E-state index in [1.165, 1.54) is 24.3 Å². The van der Waals surface area contributed by atoms with Crippen LogP contribution in [0.2, 0.25) is 0 Å². The molecule has 1 aliphatic carbocycles. The second kappa shape index (κ2) is 12.1. The molecule has 0 amide bonds. The van der Waals surface area contributed by atoms with Gasteiger partial charge in [0.25, 0.3) is 0 Å². The van der Waals surface area contributed by atoms with Gasteiger partial charge in [0.1, 0.15) is 29.8 Å². The van der Waals surface area contributed by atoms with Crippen molar-refractivity contribution >= 4 is 27.5 Å². The number of alkyl halides is 4. The molecule has 4 aromatic rings. The number of fused-ring (bicyclic) bond motifs is 2. The Morgan fingerprint density at radius 3 is 2.69 bits per heavy atom. The molecular formula is C35H36F6N6O2. The summed E-state index contributed by atoms with van der Waals surface area (Å²) in [5.41, 5.74) is -0.547. The van der Waals surface area contributed by atoms with E-state index in [-0.39, 0.29) is 52.2 Å². The molecule has 2 aromatic heterocycles. The lowest BCUT2D eigenvalue weighted by atomic mass is 9.95.